The number of carbonyl (C=O) groups excluding carboxylic acids is 8. The molecule has 3 aliphatic heterocycles. The number of carbonyl (C=O) groups is 8. The molecule has 15 atom stereocenters. The lowest BCUT2D eigenvalue weighted by molar-refractivity contribution is -0.150. The number of aliphatic hydroxyl groups excluding tert-OH is 8. The molecule has 3 fully saturated rings. The number of unbranched alkanes of at least 4 members (excludes halogenated alkanes) is 2. The minimum Gasteiger partial charge on any atom is -0.504 e. The smallest absolute Gasteiger partial charge is 0.446 e. The molecule has 3 aromatic carbocycles. The summed E-state index contributed by atoms with van der Waals surface area (Å²) in [5.41, 5.74) is 6.42. The number of phenols is 1. The van der Waals surface area contributed by atoms with Crippen molar-refractivity contribution in [3.8, 4) is 39.8 Å². The van der Waals surface area contributed by atoms with Crippen molar-refractivity contribution in [3.05, 3.63) is 83.9 Å². The van der Waals surface area contributed by atoms with Gasteiger partial charge in [-0.05, 0) is 61.7 Å². The number of nitrogens with zero attached hydrogens (tertiary/aromatic N) is 3. The minimum atomic E-state index is -5.34. The van der Waals surface area contributed by atoms with Crippen LogP contribution in [0.2, 0.25) is 0 Å². The predicted molar refractivity (Wildman–Crippen MR) is 306 cm³/mol. The van der Waals surface area contributed by atoms with E-state index in [0.29, 0.717) is 45.9 Å². The van der Waals surface area contributed by atoms with Gasteiger partial charge in [0.2, 0.25) is 35.4 Å². The van der Waals surface area contributed by atoms with E-state index in [1.807, 2.05) is 0 Å². The largest absolute Gasteiger partial charge is 0.504 e. The van der Waals surface area contributed by atoms with Crippen LogP contribution >= 0.6 is 0 Å². The highest BCUT2D eigenvalue weighted by Crippen LogP contribution is 2.36. The van der Waals surface area contributed by atoms with Crippen LogP contribution < -0.4 is 30.6 Å². The van der Waals surface area contributed by atoms with Crippen molar-refractivity contribution in [2.24, 2.45) is 23.5 Å². The summed E-state index contributed by atoms with van der Waals surface area (Å²) < 4.78 is 48.2. The number of fused-ring (bicyclic) bond motifs is 2. The second-order valence-electron chi connectivity index (χ2n) is 22.5. The normalized spacial score (nSPS) is 26.6. The van der Waals surface area contributed by atoms with Gasteiger partial charge < -0.3 is 90.9 Å². The molecule has 4 aromatic rings. The number of hydrogen-bond donors (Lipinski definition) is 14. The summed E-state index contributed by atoms with van der Waals surface area (Å²) in [6, 6.07) is 8.77. The summed E-state index contributed by atoms with van der Waals surface area (Å²) in [5, 5.41) is 112. The zero-order valence-electron chi connectivity index (χ0n) is 48.5. The highest BCUT2D eigenvalue weighted by atomic mass is 32.3. The average molecular weight is 1270 g/mol. The number of Topliss-reactive ketones (excluding diaryl/α,β-unsaturated/α-hetero) is 2. The third kappa shape index (κ3) is 17.1. The van der Waals surface area contributed by atoms with Crippen molar-refractivity contribution in [2.45, 2.75) is 145 Å². The number of nitrogens with one attached hydrogen (secondary N) is 3. The Morgan fingerprint density at radius 1 is 0.809 bits per heavy atom. The van der Waals surface area contributed by atoms with Crippen molar-refractivity contribution in [3.63, 3.8) is 0 Å². The molecule has 0 radical (unpaired) electrons. The number of aromatic hydroxyl groups is 1. The number of ether oxygens (including phenoxy) is 1. The Hall–Kier alpha value is -7.98. The van der Waals surface area contributed by atoms with Crippen molar-refractivity contribution in [2.75, 3.05) is 19.7 Å². The number of nitrogens with two attached hydrogens (primary N) is 1. The first-order chi connectivity index (χ1) is 42.0. The Balaban J connectivity index is 1.22. The molecule has 8 unspecified atom stereocenters. The van der Waals surface area contributed by atoms with Crippen LogP contribution in [0.5, 0.6) is 17.2 Å². The zero-order valence-corrected chi connectivity index (χ0v) is 49.3. The van der Waals surface area contributed by atoms with Crippen molar-refractivity contribution in [1.29, 1.82) is 0 Å². The van der Waals surface area contributed by atoms with Crippen LogP contribution in [0, 0.1) is 17.8 Å². The number of primary amides is 1. The van der Waals surface area contributed by atoms with Gasteiger partial charge in [0.05, 0.1) is 61.6 Å². The van der Waals surface area contributed by atoms with Crippen LogP contribution in [0.1, 0.15) is 94.2 Å². The second-order valence-corrected chi connectivity index (χ2v) is 23.5. The molecule has 0 spiro atoms. The summed E-state index contributed by atoms with van der Waals surface area (Å²) in [7, 11) is -5.34. The highest BCUT2D eigenvalue weighted by molar-refractivity contribution is 7.81. The summed E-state index contributed by atoms with van der Waals surface area (Å²) in [6.07, 6.45) is -18.6. The van der Waals surface area contributed by atoms with Crippen LogP contribution in [0.15, 0.2) is 77.3 Å². The van der Waals surface area contributed by atoms with E-state index in [-0.39, 0.29) is 5.56 Å². The number of ketones is 2. The number of benzene rings is 3. The summed E-state index contributed by atoms with van der Waals surface area (Å²) in [4.78, 5) is 115. The van der Waals surface area contributed by atoms with Crippen LogP contribution in [-0.2, 0) is 44.0 Å². The Bertz CT molecular complexity index is 3330. The van der Waals surface area contributed by atoms with Gasteiger partial charge in [-0.1, -0.05) is 62.2 Å². The van der Waals surface area contributed by atoms with Gasteiger partial charge in [0.1, 0.15) is 35.7 Å². The number of aliphatic hydroxyl groups is 8. The lowest BCUT2D eigenvalue weighted by Crippen LogP contribution is -2.61. The lowest BCUT2D eigenvalue weighted by Gasteiger charge is -2.34. The lowest BCUT2D eigenvalue weighted by atomic mass is 9.86. The van der Waals surface area contributed by atoms with Crippen LogP contribution in [0.25, 0.3) is 22.6 Å². The molecule has 0 aliphatic carbocycles. The molecular formula is C58H73N7O23S. The van der Waals surface area contributed by atoms with E-state index >= 15 is 0 Å². The fourth-order valence-electron chi connectivity index (χ4n) is 10.9. The van der Waals surface area contributed by atoms with E-state index in [1.54, 1.807) is 30.3 Å². The second kappa shape index (κ2) is 29.6. The summed E-state index contributed by atoms with van der Waals surface area (Å²) in [6.45, 7) is 3.88. The molecule has 484 valence electrons. The number of phenolic OH excluding ortho intramolecular Hbond substituents is 1. The number of amides is 6. The highest BCUT2D eigenvalue weighted by Gasteiger charge is 2.51. The standard InChI is InChI=1S/C58H73N7O23S/c1-4-5-6-17-86-35-14-11-31(12-15-35)44-23-37(63-87-44)29-7-9-30(10-8-29)40(69)18-33-19-43(72)55(79)62-56(80)49-50(74)27(2)25-65(49)58(82)48(42(71)24-46(59)73)61-54(78)36(52(76)51(75)32-13-16-39(68)45(20-32)88-89(83,84)85)22-41(70)38-21-34(67)26-64(38)57(81)47(28(3)66)60-53(33)77/h7-16,20,23,27-28,33-34,36,38,42-43,47-52,55,66-68,71-72,74-76,79H,4-6,17-19,21-22,24-26H2,1-3H3,(H2,59,73)(H,60,77)(H,61,78)(H,62,80)(H,83,84,85)/t27?,28?,33-,34?,36+,38+,42?,43-,47+,48+,49+,50?,51?,52?,55?/m1/s1. The maximum atomic E-state index is 14.7. The molecule has 89 heavy (non-hydrogen) atoms. The van der Waals surface area contributed by atoms with Crippen LogP contribution in [0.4, 0.5) is 0 Å². The van der Waals surface area contributed by atoms with Gasteiger partial charge in [-0.2, -0.15) is 8.42 Å². The molecule has 0 bridgehead atoms. The van der Waals surface area contributed by atoms with Crippen molar-refractivity contribution in [1.82, 2.24) is 30.9 Å². The molecule has 6 amide bonds. The maximum absolute atomic E-state index is 14.7. The van der Waals surface area contributed by atoms with Gasteiger partial charge in [0.25, 0.3) is 0 Å². The molecular weight excluding hydrogens is 1190 g/mol. The van der Waals surface area contributed by atoms with E-state index in [0.717, 1.165) is 43.2 Å². The molecule has 15 N–H and O–H groups in total. The zero-order chi connectivity index (χ0) is 65.3. The first kappa shape index (κ1) is 68.5. The first-order valence-corrected chi connectivity index (χ1v) is 29.9. The topological polar surface area (TPSA) is 486 Å². The minimum absolute atomic E-state index is 0.0114. The molecule has 3 aliphatic rings. The monoisotopic (exact) mass is 1270 g/mol. The Kier molecular flexibility index (Phi) is 22.8. The number of hydrogen-bond acceptors (Lipinski definition) is 23. The van der Waals surface area contributed by atoms with E-state index in [2.05, 4.69) is 32.2 Å². The molecule has 7 rings (SSSR count). The Morgan fingerprint density at radius 2 is 1.46 bits per heavy atom. The molecule has 4 heterocycles. The average Bonchev–Trinajstić information content (AvgIpc) is 2.76. The maximum Gasteiger partial charge on any atom is 0.446 e. The number of rotatable bonds is 19. The molecule has 3 saturated heterocycles. The molecule has 1 aromatic heterocycles. The van der Waals surface area contributed by atoms with E-state index in [1.165, 1.54) is 31.2 Å². The van der Waals surface area contributed by atoms with E-state index < -0.39 is 211 Å². The third-order valence-electron chi connectivity index (χ3n) is 15.8. The SMILES string of the molecule is CCCCCOc1ccc(-c2cc(-c3ccc(C(=O)C[C@@H]4C[C@@H](O)C(O)NC(=O)[C@@H]5C(O)C(C)CN5C(=O)[C@H](C(O)CC(N)=O)NC(=O)[C@H](C(O)C(O)c5ccc(O)c(OS(=O)(=O)O)c5)CC(=O)[C@@H]5CC(O)CN5C(=O)[C@H](C(C)O)NC4=O)cc3)no2)cc1. The third-order valence-corrected chi connectivity index (χ3v) is 16.2. The van der Waals surface area contributed by atoms with Gasteiger partial charge in [-0.3, -0.25) is 42.9 Å². The van der Waals surface area contributed by atoms with Gasteiger partial charge in [0, 0.05) is 66.9 Å². The van der Waals surface area contributed by atoms with Crippen LogP contribution in [-0.4, -0.2) is 208 Å². The Morgan fingerprint density at radius 3 is 2.10 bits per heavy atom. The fourth-order valence-corrected chi connectivity index (χ4v) is 11.2. The van der Waals surface area contributed by atoms with Crippen molar-refractivity contribution >= 4 is 57.4 Å². The molecule has 30 nitrogen and oxygen atoms in total. The van der Waals surface area contributed by atoms with Gasteiger partial charge in [-0.25, -0.2) is 0 Å². The van der Waals surface area contributed by atoms with Crippen molar-refractivity contribution < 1.29 is 111 Å². The van der Waals surface area contributed by atoms with Crippen LogP contribution in [0.3, 0.4) is 0 Å². The van der Waals surface area contributed by atoms with E-state index in [9.17, 15) is 97.3 Å². The summed E-state index contributed by atoms with van der Waals surface area (Å²) in [5.74, 6) is -16.0. The quantitative estimate of drug-likeness (QED) is 0.0282. The van der Waals surface area contributed by atoms with Gasteiger partial charge >= 0.3 is 10.4 Å². The first-order valence-electron chi connectivity index (χ1n) is 28.6. The molecule has 0 saturated carbocycles. The Labute approximate surface area is 509 Å². The summed E-state index contributed by atoms with van der Waals surface area (Å²) >= 11 is 0. The van der Waals surface area contributed by atoms with E-state index in [4.69, 9.17) is 15.0 Å². The van der Waals surface area contributed by atoms with Gasteiger partial charge in [-0.15, -0.1) is 0 Å². The fraction of sp³-hybridized carbons (Fsp3) is 0.500. The van der Waals surface area contributed by atoms with Gasteiger partial charge in [0.15, 0.2) is 35.1 Å². The number of aromatic nitrogens is 1. The molecule has 31 heteroatoms. The predicted octanol–water partition coefficient (Wildman–Crippen LogP) is -1.72.